The summed E-state index contributed by atoms with van der Waals surface area (Å²) in [5.41, 5.74) is 0.658. The highest BCUT2D eigenvalue weighted by atomic mass is 16.5. The average Bonchev–Trinajstić information content (AvgIpc) is 2.26. The third kappa shape index (κ3) is 2.46. The average molecular weight is 187 g/mol. The van der Waals surface area contributed by atoms with Crippen molar-refractivity contribution in [1.82, 2.24) is 0 Å². The summed E-state index contributed by atoms with van der Waals surface area (Å²) in [7, 11) is 0. The molecule has 3 nitrogen and oxygen atoms in total. The van der Waals surface area contributed by atoms with Crippen molar-refractivity contribution in [2.45, 2.75) is 6.10 Å². The fourth-order valence-corrected chi connectivity index (χ4v) is 0.961. The summed E-state index contributed by atoms with van der Waals surface area (Å²) in [5, 5.41) is 8.76. The summed E-state index contributed by atoms with van der Waals surface area (Å²) < 4.78 is 4.82. The summed E-state index contributed by atoms with van der Waals surface area (Å²) in [6, 6.07) is 10.7. The van der Waals surface area contributed by atoms with Crippen molar-refractivity contribution in [2.75, 3.05) is 0 Å². The van der Waals surface area contributed by atoms with Crippen LogP contribution >= 0.6 is 0 Å². The number of ether oxygens (including phenoxy) is 1. The predicted octanol–water partition coefficient (Wildman–Crippen LogP) is 1.98. The second kappa shape index (κ2) is 4.83. The molecule has 1 unspecified atom stereocenters. The number of nitrogens with zero attached hydrogens (tertiary/aromatic N) is 1. The Bertz CT molecular complexity index is 365. The Labute approximate surface area is 82.2 Å². The van der Waals surface area contributed by atoms with Crippen LogP contribution in [-0.4, -0.2) is 5.97 Å². The number of carbonyl (C=O) groups is 1. The molecule has 0 aliphatic carbocycles. The van der Waals surface area contributed by atoms with Crippen LogP contribution in [0.5, 0.6) is 0 Å². The zero-order valence-electron chi connectivity index (χ0n) is 7.51. The quantitative estimate of drug-likeness (QED) is 0.537. The molecular formula is C11H9NO2. The molecule has 14 heavy (non-hydrogen) atoms. The van der Waals surface area contributed by atoms with Gasteiger partial charge < -0.3 is 4.74 Å². The highest BCUT2D eigenvalue weighted by Crippen LogP contribution is 2.15. The van der Waals surface area contributed by atoms with E-state index in [4.69, 9.17) is 10.00 Å². The van der Waals surface area contributed by atoms with E-state index in [1.807, 2.05) is 12.1 Å². The van der Waals surface area contributed by atoms with E-state index in [0.717, 1.165) is 6.08 Å². The van der Waals surface area contributed by atoms with Gasteiger partial charge >= 0.3 is 5.97 Å². The Hall–Kier alpha value is -2.08. The fraction of sp³-hybridized carbons (Fsp3) is 0.0909. The minimum Gasteiger partial charge on any atom is -0.439 e. The smallest absolute Gasteiger partial charge is 0.331 e. The van der Waals surface area contributed by atoms with Gasteiger partial charge in [0.15, 0.2) is 0 Å². The molecule has 0 saturated heterocycles. The Morgan fingerprint density at radius 3 is 2.64 bits per heavy atom. The number of benzene rings is 1. The first-order valence-electron chi connectivity index (χ1n) is 4.05. The van der Waals surface area contributed by atoms with Crippen LogP contribution < -0.4 is 0 Å². The Morgan fingerprint density at radius 1 is 1.50 bits per heavy atom. The predicted molar refractivity (Wildman–Crippen MR) is 51.1 cm³/mol. The van der Waals surface area contributed by atoms with Gasteiger partial charge in [-0.3, -0.25) is 0 Å². The van der Waals surface area contributed by atoms with E-state index in [9.17, 15) is 4.79 Å². The van der Waals surface area contributed by atoms with Crippen molar-refractivity contribution < 1.29 is 9.53 Å². The van der Waals surface area contributed by atoms with E-state index in [1.54, 1.807) is 24.3 Å². The monoisotopic (exact) mass is 187 g/mol. The molecule has 0 bridgehead atoms. The lowest BCUT2D eigenvalue weighted by atomic mass is 10.1. The highest BCUT2D eigenvalue weighted by Gasteiger charge is 2.12. The standard InChI is InChI=1S/C11H9NO2/c1-2-11(13)14-10(8-12)9-6-4-3-5-7-9/h2-7,10H,1H2. The Morgan fingerprint density at radius 2 is 2.14 bits per heavy atom. The van der Waals surface area contributed by atoms with Crippen molar-refractivity contribution in [3.8, 4) is 6.07 Å². The zero-order chi connectivity index (χ0) is 10.4. The molecule has 3 heteroatoms. The second-order valence-corrected chi connectivity index (χ2v) is 2.56. The van der Waals surface area contributed by atoms with Crippen LogP contribution in [-0.2, 0) is 9.53 Å². The van der Waals surface area contributed by atoms with Crippen molar-refractivity contribution in [1.29, 1.82) is 5.26 Å². The maximum Gasteiger partial charge on any atom is 0.331 e. The van der Waals surface area contributed by atoms with Crippen LogP contribution in [0.1, 0.15) is 11.7 Å². The fourth-order valence-electron chi connectivity index (χ4n) is 0.961. The first-order chi connectivity index (χ1) is 6.77. The van der Waals surface area contributed by atoms with Crippen LogP contribution in [0, 0.1) is 11.3 Å². The van der Waals surface area contributed by atoms with Crippen LogP contribution in [0.25, 0.3) is 0 Å². The maximum absolute atomic E-state index is 10.9. The van der Waals surface area contributed by atoms with Gasteiger partial charge in [-0.05, 0) is 0 Å². The minimum absolute atomic E-state index is 0.597. The highest BCUT2D eigenvalue weighted by molar-refractivity contribution is 5.81. The van der Waals surface area contributed by atoms with Gasteiger partial charge in [0.25, 0.3) is 0 Å². The van der Waals surface area contributed by atoms with Gasteiger partial charge in [-0.15, -0.1) is 0 Å². The lowest BCUT2D eigenvalue weighted by Crippen LogP contribution is -2.06. The molecule has 0 spiro atoms. The third-order valence-electron chi connectivity index (χ3n) is 1.62. The molecule has 0 amide bonds. The Balaban J connectivity index is 2.79. The van der Waals surface area contributed by atoms with E-state index >= 15 is 0 Å². The van der Waals surface area contributed by atoms with E-state index in [-0.39, 0.29) is 0 Å². The number of carbonyl (C=O) groups excluding carboxylic acids is 1. The SMILES string of the molecule is C=CC(=O)OC(C#N)c1ccccc1. The Kier molecular flexibility index (Phi) is 3.45. The van der Waals surface area contributed by atoms with E-state index in [2.05, 4.69) is 6.58 Å². The molecule has 0 radical (unpaired) electrons. The van der Waals surface area contributed by atoms with Gasteiger partial charge in [-0.25, -0.2) is 4.79 Å². The lowest BCUT2D eigenvalue weighted by Gasteiger charge is -2.08. The van der Waals surface area contributed by atoms with Gasteiger partial charge in [-0.2, -0.15) is 5.26 Å². The molecule has 1 rings (SSSR count). The molecule has 1 aromatic carbocycles. The van der Waals surface area contributed by atoms with Crippen LogP contribution in [0.2, 0.25) is 0 Å². The van der Waals surface area contributed by atoms with Gasteiger partial charge in [0, 0.05) is 11.6 Å². The van der Waals surface area contributed by atoms with Gasteiger partial charge in [0.05, 0.1) is 0 Å². The lowest BCUT2D eigenvalue weighted by molar-refractivity contribution is -0.140. The molecule has 0 aromatic heterocycles. The van der Waals surface area contributed by atoms with Gasteiger partial charge in [0.2, 0.25) is 6.10 Å². The van der Waals surface area contributed by atoms with Crippen LogP contribution in [0.3, 0.4) is 0 Å². The molecule has 0 heterocycles. The van der Waals surface area contributed by atoms with Crippen molar-refractivity contribution in [2.24, 2.45) is 0 Å². The number of hydrogen-bond acceptors (Lipinski definition) is 3. The molecule has 0 aliphatic heterocycles. The summed E-state index contributed by atoms with van der Waals surface area (Å²) in [6.07, 6.45) is 0.175. The molecule has 0 saturated carbocycles. The van der Waals surface area contributed by atoms with Crippen LogP contribution in [0.4, 0.5) is 0 Å². The van der Waals surface area contributed by atoms with E-state index in [1.165, 1.54) is 0 Å². The largest absolute Gasteiger partial charge is 0.439 e. The number of nitriles is 1. The van der Waals surface area contributed by atoms with Gasteiger partial charge in [-0.1, -0.05) is 36.9 Å². The minimum atomic E-state index is -0.860. The maximum atomic E-state index is 10.9. The topological polar surface area (TPSA) is 50.1 Å². The summed E-state index contributed by atoms with van der Waals surface area (Å²) in [5.74, 6) is -0.597. The number of rotatable bonds is 3. The van der Waals surface area contributed by atoms with Gasteiger partial charge in [0.1, 0.15) is 6.07 Å². The second-order valence-electron chi connectivity index (χ2n) is 2.56. The third-order valence-corrected chi connectivity index (χ3v) is 1.62. The first kappa shape index (κ1) is 10.0. The normalized spacial score (nSPS) is 11.1. The molecular weight excluding hydrogens is 178 g/mol. The molecule has 0 aliphatic rings. The molecule has 70 valence electrons. The van der Waals surface area contributed by atoms with E-state index < -0.39 is 12.1 Å². The van der Waals surface area contributed by atoms with Crippen LogP contribution in [0.15, 0.2) is 43.0 Å². The number of hydrogen-bond donors (Lipinski definition) is 0. The van der Waals surface area contributed by atoms with Crippen molar-refractivity contribution >= 4 is 5.97 Å². The molecule has 1 aromatic rings. The molecule has 0 fully saturated rings. The number of esters is 1. The first-order valence-corrected chi connectivity index (χ1v) is 4.05. The molecule has 0 N–H and O–H groups in total. The van der Waals surface area contributed by atoms with Crippen molar-refractivity contribution in [3.05, 3.63) is 48.6 Å². The summed E-state index contributed by atoms with van der Waals surface area (Å²) in [4.78, 5) is 10.9. The van der Waals surface area contributed by atoms with E-state index in [0.29, 0.717) is 5.56 Å². The zero-order valence-corrected chi connectivity index (χ0v) is 7.51. The summed E-state index contributed by atoms with van der Waals surface area (Å²) in [6.45, 7) is 3.26. The molecule has 1 atom stereocenters. The summed E-state index contributed by atoms with van der Waals surface area (Å²) >= 11 is 0. The van der Waals surface area contributed by atoms with Crippen molar-refractivity contribution in [3.63, 3.8) is 0 Å².